The van der Waals surface area contributed by atoms with Gasteiger partial charge in [-0.05, 0) is 42.0 Å². The van der Waals surface area contributed by atoms with Crippen LogP contribution in [0.25, 0.3) is 11.0 Å². The minimum absolute atomic E-state index is 0.146. The summed E-state index contributed by atoms with van der Waals surface area (Å²) in [6.07, 6.45) is 0.636. The Kier molecular flexibility index (Phi) is 7.38. The zero-order valence-electron chi connectivity index (χ0n) is 17.9. The van der Waals surface area contributed by atoms with Crippen molar-refractivity contribution >= 4 is 63.4 Å². The van der Waals surface area contributed by atoms with Gasteiger partial charge in [0.25, 0.3) is 0 Å². The standard InChI is InChI=1S/C24H21Cl3N6O/c25-17-10-9-15(11-19(17)27)23(34)14-33-22-8-4-3-7-21(22)32(24(33)28)13-16(31-29)12-30-20-6-2-1-5-18(20)26/h1-12,23,28,34H,13-14,29H2/b28-24?,30-12?,31-16+. The van der Waals surface area contributed by atoms with Crippen LogP contribution in [0.1, 0.15) is 11.7 Å². The molecule has 0 aliphatic rings. The van der Waals surface area contributed by atoms with E-state index in [2.05, 4.69) is 10.1 Å². The molecule has 174 valence electrons. The number of aliphatic hydroxyl groups excluding tert-OH is 1. The molecular formula is C24H21Cl3N6O. The Balaban J connectivity index is 1.66. The molecule has 0 aliphatic heterocycles. The van der Waals surface area contributed by atoms with Crippen molar-refractivity contribution in [3.8, 4) is 0 Å². The Morgan fingerprint density at radius 2 is 1.62 bits per heavy atom. The van der Waals surface area contributed by atoms with E-state index >= 15 is 0 Å². The van der Waals surface area contributed by atoms with Gasteiger partial charge in [-0.2, -0.15) is 5.10 Å². The van der Waals surface area contributed by atoms with Crippen LogP contribution in [0.3, 0.4) is 0 Å². The molecule has 4 N–H and O–H groups in total. The molecule has 0 aliphatic carbocycles. The first-order chi connectivity index (χ1) is 16.4. The summed E-state index contributed by atoms with van der Waals surface area (Å²) in [5, 5.41) is 24.8. The predicted molar refractivity (Wildman–Crippen MR) is 138 cm³/mol. The normalized spacial score (nSPS) is 13.1. The molecule has 3 aromatic carbocycles. The van der Waals surface area contributed by atoms with Gasteiger partial charge < -0.3 is 20.1 Å². The van der Waals surface area contributed by atoms with Gasteiger partial charge in [0.05, 0.1) is 62.9 Å². The summed E-state index contributed by atoms with van der Waals surface area (Å²) >= 11 is 18.3. The van der Waals surface area contributed by atoms with E-state index in [9.17, 15) is 5.11 Å². The van der Waals surface area contributed by atoms with Gasteiger partial charge in [-0.25, -0.2) is 0 Å². The topological polar surface area (TPSA) is 105 Å². The molecule has 4 rings (SSSR count). The number of aliphatic hydroxyl groups is 1. The van der Waals surface area contributed by atoms with E-state index in [0.29, 0.717) is 32.0 Å². The minimum atomic E-state index is -0.896. The second-order valence-corrected chi connectivity index (χ2v) is 8.75. The van der Waals surface area contributed by atoms with Crippen LogP contribution in [0.4, 0.5) is 5.69 Å². The monoisotopic (exact) mass is 514 g/mol. The van der Waals surface area contributed by atoms with Gasteiger partial charge in [0.2, 0.25) is 5.62 Å². The van der Waals surface area contributed by atoms with Crippen molar-refractivity contribution in [1.29, 1.82) is 5.41 Å². The van der Waals surface area contributed by atoms with Crippen LogP contribution in [0.2, 0.25) is 15.1 Å². The molecule has 0 bridgehead atoms. The number of halogens is 3. The average Bonchev–Trinajstić information content (AvgIpc) is 3.10. The third-order valence-electron chi connectivity index (χ3n) is 5.35. The van der Waals surface area contributed by atoms with Crippen molar-refractivity contribution in [2.45, 2.75) is 19.2 Å². The lowest BCUT2D eigenvalue weighted by Gasteiger charge is -2.13. The molecule has 1 heterocycles. The summed E-state index contributed by atoms with van der Waals surface area (Å²) in [4.78, 5) is 4.38. The van der Waals surface area contributed by atoms with Crippen LogP contribution in [0.15, 0.2) is 76.8 Å². The molecule has 1 aromatic heterocycles. The largest absolute Gasteiger partial charge is 0.387 e. The molecule has 10 heteroatoms. The molecule has 0 fully saturated rings. The summed E-state index contributed by atoms with van der Waals surface area (Å²) in [5.41, 5.74) is 3.40. The van der Waals surface area contributed by atoms with E-state index in [1.54, 1.807) is 39.5 Å². The number of nitrogens with two attached hydrogens (primary N) is 1. The van der Waals surface area contributed by atoms with Crippen molar-refractivity contribution in [3.63, 3.8) is 0 Å². The van der Waals surface area contributed by atoms with Gasteiger partial charge in [0.15, 0.2) is 0 Å². The maximum absolute atomic E-state index is 10.9. The predicted octanol–water partition coefficient (Wildman–Crippen LogP) is 5.33. The quantitative estimate of drug-likeness (QED) is 0.176. The van der Waals surface area contributed by atoms with E-state index in [-0.39, 0.29) is 18.7 Å². The highest BCUT2D eigenvalue weighted by Crippen LogP contribution is 2.27. The molecule has 34 heavy (non-hydrogen) atoms. The zero-order valence-corrected chi connectivity index (χ0v) is 20.1. The Morgan fingerprint density at radius 1 is 0.941 bits per heavy atom. The number of hydrogen-bond acceptors (Lipinski definition) is 5. The Hall–Kier alpha value is -3.10. The Labute approximate surface area is 210 Å². The third kappa shape index (κ3) is 5.03. The Morgan fingerprint density at radius 3 is 2.29 bits per heavy atom. The molecule has 0 amide bonds. The first-order valence-corrected chi connectivity index (χ1v) is 11.4. The fourth-order valence-electron chi connectivity index (χ4n) is 3.61. The highest BCUT2D eigenvalue weighted by molar-refractivity contribution is 6.42. The lowest BCUT2D eigenvalue weighted by Crippen LogP contribution is -2.29. The lowest BCUT2D eigenvalue weighted by molar-refractivity contribution is 0.156. The molecule has 1 unspecified atom stereocenters. The fraction of sp³-hybridized carbons (Fsp3) is 0.125. The van der Waals surface area contributed by atoms with Crippen LogP contribution in [-0.4, -0.2) is 26.2 Å². The maximum Gasteiger partial charge on any atom is 0.203 e. The van der Waals surface area contributed by atoms with Crippen molar-refractivity contribution < 1.29 is 5.11 Å². The number of imidazole rings is 1. The van der Waals surface area contributed by atoms with Gasteiger partial charge in [-0.1, -0.05) is 65.1 Å². The zero-order chi connectivity index (χ0) is 24.2. The fourth-order valence-corrected chi connectivity index (χ4v) is 4.11. The van der Waals surface area contributed by atoms with Gasteiger partial charge in [0.1, 0.15) is 0 Å². The summed E-state index contributed by atoms with van der Waals surface area (Å²) in [6.45, 7) is 0.354. The van der Waals surface area contributed by atoms with E-state index in [0.717, 1.165) is 11.0 Å². The summed E-state index contributed by atoms with van der Waals surface area (Å²) in [7, 11) is 0. The van der Waals surface area contributed by atoms with E-state index in [4.69, 9.17) is 46.1 Å². The average molecular weight is 516 g/mol. The van der Waals surface area contributed by atoms with Crippen molar-refractivity contribution in [2.24, 2.45) is 15.9 Å². The molecular weight excluding hydrogens is 495 g/mol. The second-order valence-electron chi connectivity index (χ2n) is 7.53. The van der Waals surface area contributed by atoms with Crippen LogP contribution >= 0.6 is 34.8 Å². The number of rotatable bonds is 7. The molecule has 4 aromatic rings. The number of fused-ring (bicyclic) bond motifs is 1. The number of aliphatic imine (C=N–C) groups is 1. The summed E-state index contributed by atoms with van der Waals surface area (Å²) in [5.74, 6) is 5.63. The molecule has 0 spiro atoms. The molecule has 0 saturated carbocycles. The first-order valence-electron chi connectivity index (χ1n) is 10.3. The highest BCUT2D eigenvalue weighted by atomic mass is 35.5. The maximum atomic E-state index is 10.9. The number of hydrogen-bond donors (Lipinski definition) is 3. The Bertz CT molecular complexity index is 1460. The van der Waals surface area contributed by atoms with Gasteiger partial charge in [-0.3, -0.25) is 10.4 Å². The van der Waals surface area contributed by atoms with Crippen molar-refractivity contribution in [3.05, 3.63) is 93.0 Å². The van der Waals surface area contributed by atoms with Crippen LogP contribution < -0.4 is 11.5 Å². The highest BCUT2D eigenvalue weighted by Gasteiger charge is 2.17. The number of para-hydroxylation sites is 3. The van der Waals surface area contributed by atoms with Crippen LogP contribution in [0, 0.1) is 5.41 Å². The number of nitrogens with zero attached hydrogens (tertiary/aromatic N) is 4. The van der Waals surface area contributed by atoms with E-state index in [1.807, 2.05) is 36.4 Å². The van der Waals surface area contributed by atoms with Gasteiger partial charge >= 0.3 is 0 Å². The van der Waals surface area contributed by atoms with Gasteiger partial charge in [-0.15, -0.1) is 0 Å². The lowest BCUT2D eigenvalue weighted by atomic mass is 10.1. The van der Waals surface area contributed by atoms with E-state index in [1.165, 1.54) is 6.21 Å². The third-order valence-corrected chi connectivity index (χ3v) is 6.41. The number of aromatic nitrogens is 2. The van der Waals surface area contributed by atoms with Crippen molar-refractivity contribution in [2.75, 3.05) is 0 Å². The van der Waals surface area contributed by atoms with Crippen LogP contribution in [-0.2, 0) is 13.1 Å². The minimum Gasteiger partial charge on any atom is -0.387 e. The SMILES string of the molecule is N=c1n(C/C(C=Nc2ccccc2Cl)=N/N)c2ccccc2n1CC(O)c1ccc(Cl)c(Cl)c1. The smallest absolute Gasteiger partial charge is 0.203 e. The second kappa shape index (κ2) is 10.4. The van der Waals surface area contributed by atoms with Gasteiger partial charge in [0, 0.05) is 0 Å². The molecule has 1 atom stereocenters. The molecule has 0 saturated heterocycles. The molecule has 7 nitrogen and oxygen atoms in total. The number of hydrazone groups is 1. The number of benzene rings is 3. The summed E-state index contributed by atoms with van der Waals surface area (Å²) in [6, 6.07) is 19.7. The summed E-state index contributed by atoms with van der Waals surface area (Å²) < 4.78 is 3.48. The molecule has 0 radical (unpaired) electrons. The first kappa shape index (κ1) is 24.0. The van der Waals surface area contributed by atoms with Crippen LogP contribution in [0.5, 0.6) is 0 Å². The number of nitrogens with one attached hydrogen (secondary N) is 1. The van der Waals surface area contributed by atoms with Crippen molar-refractivity contribution in [1.82, 2.24) is 9.13 Å². The van der Waals surface area contributed by atoms with E-state index < -0.39 is 6.10 Å².